The number of carbonyl (C=O) groups is 1. The van der Waals surface area contributed by atoms with Gasteiger partial charge in [-0.25, -0.2) is 0 Å². The third-order valence-electron chi connectivity index (χ3n) is 2.57. The zero-order valence-corrected chi connectivity index (χ0v) is 11.9. The number of thiophene rings is 1. The van der Waals surface area contributed by atoms with Crippen LogP contribution in [0.15, 0.2) is 6.07 Å². The Kier molecular flexibility index (Phi) is 6.08. The minimum absolute atomic E-state index is 0.0668. The van der Waals surface area contributed by atoms with Crippen LogP contribution < -0.4 is 0 Å². The highest BCUT2D eigenvalue weighted by atomic mass is 32.1. The fraction of sp³-hybridized carbons (Fsp3) is 0.429. The molecule has 0 saturated carbocycles. The van der Waals surface area contributed by atoms with Crippen molar-refractivity contribution in [1.29, 1.82) is 5.26 Å². The van der Waals surface area contributed by atoms with Gasteiger partial charge in [0.2, 0.25) is 0 Å². The molecule has 1 aromatic rings. The molecule has 0 aromatic carbocycles. The molecule has 0 bridgehead atoms. The van der Waals surface area contributed by atoms with Crippen molar-refractivity contribution in [2.24, 2.45) is 0 Å². The lowest BCUT2D eigenvalue weighted by atomic mass is 10.2. The van der Waals surface area contributed by atoms with Crippen LogP contribution in [0, 0.1) is 30.1 Å². The van der Waals surface area contributed by atoms with Crippen LogP contribution in [0.4, 0.5) is 0 Å². The number of aliphatic hydroxyl groups excluding tert-OH is 1. The summed E-state index contributed by atoms with van der Waals surface area (Å²) in [4.78, 5) is 15.3. The Morgan fingerprint density at radius 3 is 2.89 bits per heavy atom. The first kappa shape index (κ1) is 15.2. The maximum atomic E-state index is 12.3. The van der Waals surface area contributed by atoms with Gasteiger partial charge < -0.3 is 10.0 Å². The van der Waals surface area contributed by atoms with Crippen LogP contribution >= 0.6 is 11.3 Å². The standard InChI is InChI=1S/C14H16N2O2S/c1-3-16(8-5-7-15)14(18)13-10-11(2)12(19-13)6-4-9-17/h10,17H,3,5,8-9H2,1-2H3. The second-order valence-electron chi connectivity index (χ2n) is 3.88. The average molecular weight is 276 g/mol. The van der Waals surface area contributed by atoms with Gasteiger partial charge in [-0.2, -0.15) is 5.26 Å². The molecule has 1 amide bonds. The van der Waals surface area contributed by atoms with Crippen LogP contribution in [-0.2, 0) is 0 Å². The highest BCUT2D eigenvalue weighted by molar-refractivity contribution is 7.14. The molecule has 1 rings (SSSR count). The van der Waals surface area contributed by atoms with E-state index >= 15 is 0 Å². The molecule has 1 aromatic heterocycles. The molecule has 0 unspecified atom stereocenters. The van der Waals surface area contributed by atoms with Gasteiger partial charge in [-0.1, -0.05) is 11.8 Å². The number of carbonyl (C=O) groups excluding carboxylic acids is 1. The van der Waals surface area contributed by atoms with E-state index < -0.39 is 0 Å². The third-order valence-corrected chi connectivity index (χ3v) is 3.71. The second-order valence-corrected chi connectivity index (χ2v) is 4.93. The predicted molar refractivity (Wildman–Crippen MR) is 74.8 cm³/mol. The molecular weight excluding hydrogens is 260 g/mol. The molecule has 0 aliphatic rings. The summed E-state index contributed by atoms with van der Waals surface area (Å²) in [7, 11) is 0. The molecule has 0 saturated heterocycles. The van der Waals surface area contributed by atoms with Gasteiger partial charge in [0.25, 0.3) is 5.91 Å². The van der Waals surface area contributed by atoms with E-state index in [0.29, 0.717) is 24.4 Å². The van der Waals surface area contributed by atoms with Crippen molar-refractivity contribution in [1.82, 2.24) is 4.90 Å². The van der Waals surface area contributed by atoms with Crippen molar-refractivity contribution in [3.63, 3.8) is 0 Å². The number of hydrogen-bond donors (Lipinski definition) is 1. The Bertz CT molecular complexity index is 546. The SMILES string of the molecule is CCN(CCC#N)C(=O)c1cc(C)c(C#CCO)s1. The molecule has 0 radical (unpaired) electrons. The Balaban J connectivity index is 2.90. The lowest BCUT2D eigenvalue weighted by molar-refractivity contribution is 0.0772. The molecule has 19 heavy (non-hydrogen) atoms. The number of rotatable bonds is 4. The number of hydrogen-bond acceptors (Lipinski definition) is 4. The highest BCUT2D eigenvalue weighted by Crippen LogP contribution is 2.22. The van der Waals surface area contributed by atoms with E-state index in [1.807, 2.05) is 26.0 Å². The molecule has 0 atom stereocenters. The number of nitrogens with zero attached hydrogens (tertiary/aromatic N) is 2. The Labute approximate surface area is 117 Å². The lowest BCUT2D eigenvalue weighted by Gasteiger charge is -2.18. The fourth-order valence-corrected chi connectivity index (χ4v) is 2.59. The Morgan fingerprint density at radius 2 is 2.32 bits per heavy atom. The van der Waals surface area contributed by atoms with Crippen molar-refractivity contribution in [2.75, 3.05) is 19.7 Å². The van der Waals surface area contributed by atoms with Gasteiger partial charge in [-0.3, -0.25) is 4.79 Å². The normalized spacial score (nSPS) is 9.37. The number of amides is 1. The topological polar surface area (TPSA) is 64.3 Å². The lowest BCUT2D eigenvalue weighted by Crippen LogP contribution is -2.31. The summed E-state index contributed by atoms with van der Waals surface area (Å²) in [6, 6.07) is 3.85. The van der Waals surface area contributed by atoms with Gasteiger partial charge in [0.05, 0.1) is 22.2 Å². The summed E-state index contributed by atoms with van der Waals surface area (Å²) in [6.07, 6.45) is 0.334. The zero-order chi connectivity index (χ0) is 14.3. The number of aryl methyl sites for hydroxylation is 1. The van der Waals surface area contributed by atoms with Gasteiger partial charge >= 0.3 is 0 Å². The quantitative estimate of drug-likeness (QED) is 0.852. The van der Waals surface area contributed by atoms with Crippen LogP contribution in [0.25, 0.3) is 0 Å². The van der Waals surface area contributed by atoms with E-state index in [-0.39, 0.29) is 12.5 Å². The first-order chi connectivity index (χ1) is 9.13. The summed E-state index contributed by atoms with van der Waals surface area (Å²) < 4.78 is 0. The van der Waals surface area contributed by atoms with Crippen molar-refractivity contribution in [3.8, 4) is 17.9 Å². The summed E-state index contributed by atoms with van der Waals surface area (Å²) in [5.74, 6) is 5.35. The molecule has 1 N–H and O–H groups in total. The molecular formula is C14H16N2O2S. The van der Waals surface area contributed by atoms with Crippen molar-refractivity contribution in [2.45, 2.75) is 20.3 Å². The third kappa shape index (κ3) is 4.10. The average Bonchev–Trinajstić information content (AvgIpc) is 2.78. The van der Waals surface area contributed by atoms with Gasteiger partial charge in [0.15, 0.2) is 0 Å². The van der Waals surface area contributed by atoms with Crippen LogP contribution in [-0.4, -0.2) is 35.6 Å². The monoisotopic (exact) mass is 276 g/mol. The highest BCUT2D eigenvalue weighted by Gasteiger charge is 2.17. The first-order valence-corrected chi connectivity index (χ1v) is 6.82. The largest absolute Gasteiger partial charge is 0.384 e. The van der Waals surface area contributed by atoms with Gasteiger partial charge in [0.1, 0.15) is 6.61 Å². The zero-order valence-electron chi connectivity index (χ0n) is 11.1. The maximum absolute atomic E-state index is 12.3. The molecule has 4 nitrogen and oxygen atoms in total. The van der Waals surface area contributed by atoms with Crippen LogP contribution in [0.5, 0.6) is 0 Å². The van der Waals surface area contributed by atoms with Gasteiger partial charge in [-0.05, 0) is 25.5 Å². The minimum atomic E-state index is -0.191. The molecule has 0 aliphatic heterocycles. The molecule has 0 spiro atoms. The molecule has 5 heteroatoms. The number of nitriles is 1. The van der Waals surface area contributed by atoms with Crippen LogP contribution in [0.3, 0.4) is 0 Å². The van der Waals surface area contributed by atoms with E-state index in [4.69, 9.17) is 10.4 Å². The second kappa shape index (κ2) is 7.58. The molecule has 0 aliphatic carbocycles. The Hall–Kier alpha value is -1.82. The first-order valence-electron chi connectivity index (χ1n) is 6.00. The van der Waals surface area contributed by atoms with E-state index in [1.54, 1.807) is 4.90 Å². The number of aliphatic hydroxyl groups is 1. The molecule has 1 heterocycles. The summed E-state index contributed by atoms with van der Waals surface area (Å²) >= 11 is 1.33. The van der Waals surface area contributed by atoms with Crippen molar-refractivity contribution < 1.29 is 9.90 Å². The molecule has 100 valence electrons. The summed E-state index contributed by atoms with van der Waals surface area (Å²) in [5.41, 5.74) is 0.936. The van der Waals surface area contributed by atoms with Gasteiger partial charge in [-0.15, -0.1) is 11.3 Å². The molecule has 0 fully saturated rings. The summed E-state index contributed by atoms with van der Waals surface area (Å²) in [5, 5.41) is 17.3. The van der Waals surface area contributed by atoms with E-state index in [1.165, 1.54) is 11.3 Å². The Morgan fingerprint density at radius 1 is 1.58 bits per heavy atom. The van der Waals surface area contributed by atoms with Crippen molar-refractivity contribution >= 4 is 17.2 Å². The van der Waals surface area contributed by atoms with E-state index in [2.05, 4.69) is 11.8 Å². The van der Waals surface area contributed by atoms with Crippen molar-refractivity contribution in [3.05, 3.63) is 21.4 Å². The van der Waals surface area contributed by atoms with E-state index in [9.17, 15) is 4.79 Å². The van der Waals surface area contributed by atoms with Gasteiger partial charge in [0, 0.05) is 13.1 Å². The van der Waals surface area contributed by atoms with Crippen LogP contribution in [0.1, 0.15) is 33.5 Å². The maximum Gasteiger partial charge on any atom is 0.263 e. The fourth-order valence-electron chi connectivity index (χ4n) is 1.58. The smallest absolute Gasteiger partial charge is 0.263 e. The minimum Gasteiger partial charge on any atom is -0.384 e. The predicted octanol–water partition coefficient (Wildman–Crippen LogP) is 1.78. The summed E-state index contributed by atoms with van der Waals surface area (Å²) in [6.45, 7) is 4.61. The van der Waals surface area contributed by atoms with Crippen LogP contribution in [0.2, 0.25) is 0 Å². The van der Waals surface area contributed by atoms with E-state index in [0.717, 1.165) is 10.4 Å².